The molecule has 1 aliphatic heterocycles. The number of phenols is 2. The first-order chi connectivity index (χ1) is 17.6. The lowest BCUT2D eigenvalue weighted by atomic mass is 9.98. The van der Waals surface area contributed by atoms with Gasteiger partial charge in [0.15, 0.2) is 5.82 Å². The van der Waals surface area contributed by atoms with Crippen LogP contribution in [0, 0.1) is 0 Å². The molecule has 0 unspecified atom stereocenters. The smallest absolute Gasteiger partial charge is 0.407 e. The molecule has 2 aromatic carbocycles. The molecule has 3 heterocycles. The average Bonchev–Trinajstić information content (AvgIpc) is 3.38. The van der Waals surface area contributed by atoms with E-state index in [4.69, 9.17) is 0 Å². The maximum atomic E-state index is 12.8. The van der Waals surface area contributed by atoms with Gasteiger partial charge in [0, 0.05) is 62.4 Å². The van der Waals surface area contributed by atoms with Crippen molar-refractivity contribution in [2.45, 2.75) is 26.3 Å². The summed E-state index contributed by atoms with van der Waals surface area (Å²) >= 11 is 0. The lowest BCUT2D eigenvalue weighted by molar-refractivity contribution is 0.102. The number of aryl methyl sites for hydroxylation is 1. The van der Waals surface area contributed by atoms with Crippen molar-refractivity contribution in [2.75, 3.05) is 26.2 Å². The van der Waals surface area contributed by atoms with E-state index in [9.17, 15) is 24.9 Å². The minimum absolute atomic E-state index is 0.00431. The molecule has 1 aliphatic rings. The van der Waals surface area contributed by atoms with Crippen molar-refractivity contribution in [2.24, 2.45) is 7.05 Å². The summed E-state index contributed by atoms with van der Waals surface area (Å²) in [6, 6.07) is 10.7. The van der Waals surface area contributed by atoms with E-state index < -0.39 is 11.8 Å². The van der Waals surface area contributed by atoms with E-state index in [0.717, 1.165) is 16.6 Å². The maximum Gasteiger partial charge on any atom is 0.407 e. The maximum absolute atomic E-state index is 12.8. The molecule has 4 aromatic rings. The number of nitrogens with zero attached hydrogens (tertiary/aromatic N) is 5. The third-order valence-corrected chi connectivity index (χ3v) is 7.09. The highest BCUT2D eigenvalue weighted by Gasteiger charge is 2.22. The molecule has 37 heavy (non-hydrogen) atoms. The first-order valence-corrected chi connectivity index (χ1v) is 12.2. The Morgan fingerprint density at radius 2 is 1.78 bits per heavy atom. The minimum atomic E-state index is -0.883. The topological polar surface area (TPSA) is 140 Å². The molecule has 0 spiro atoms. The van der Waals surface area contributed by atoms with Gasteiger partial charge < -0.3 is 24.8 Å². The van der Waals surface area contributed by atoms with Gasteiger partial charge in [-0.15, -0.1) is 0 Å². The second-order valence-corrected chi connectivity index (χ2v) is 9.75. The number of aromatic amines is 1. The zero-order valence-electron chi connectivity index (χ0n) is 21.0. The van der Waals surface area contributed by atoms with Crippen LogP contribution in [-0.2, 0) is 13.6 Å². The van der Waals surface area contributed by atoms with Crippen LogP contribution in [0.15, 0.2) is 41.2 Å². The molecule has 0 bridgehead atoms. The molecule has 1 amide bonds. The van der Waals surface area contributed by atoms with Crippen LogP contribution in [0.25, 0.3) is 28.0 Å². The standard InChI is InChI=1S/C26H30N6O5/c1-15(2)19-12-20(23(34)13-22(19)33)24-27-28-25(35)32(24)17-4-5-21-16(10-17)11-18(29(21)3)14-30-6-8-31(9-7-30)26(36)37/h4-5,10-13,15,33-34H,6-9,14H2,1-3H3,(H,28,35)(H,36,37). The molecule has 2 aromatic heterocycles. The van der Waals surface area contributed by atoms with Crippen molar-refractivity contribution < 1.29 is 20.1 Å². The first-order valence-electron chi connectivity index (χ1n) is 12.2. The van der Waals surface area contributed by atoms with Gasteiger partial charge in [-0.05, 0) is 41.8 Å². The van der Waals surface area contributed by atoms with Gasteiger partial charge in [0.25, 0.3) is 0 Å². The van der Waals surface area contributed by atoms with Crippen molar-refractivity contribution in [1.82, 2.24) is 29.1 Å². The van der Waals surface area contributed by atoms with Crippen molar-refractivity contribution in [3.8, 4) is 28.6 Å². The number of phenolic OH excluding ortho intramolecular Hbond substituents is 2. The largest absolute Gasteiger partial charge is 0.508 e. The molecule has 0 atom stereocenters. The van der Waals surface area contributed by atoms with Crippen LogP contribution >= 0.6 is 0 Å². The van der Waals surface area contributed by atoms with Gasteiger partial charge in [-0.1, -0.05) is 13.8 Å². The van der Waals surface area contributed by atoms with Crippen LogP contribution < -0.4 is 5.69 Å². The molecule has 11 nitrogen and oxygen atoms in total. The van der Waals surface area contributed by atoms with E-state index in [1.807, 2.05) is 39.1 Å². The third kappa shape index (κ3) is 4.42. The van der Waals surface area contributed by atoms with E-state index in [1.54, 1.807) is 6.07 Å². The van der Waals surface area contributed by atoms with Crippen LogP contribution in [0.3, 0.4) is 0 Å². The predicted octanol–water partition coefficient (Wildman–Crippen LogP) is 3.05. The Kier molecular flexibility index (Phi) is 6.16. The van der Waals surface area contributed by atoms with Gasteiger partial charge in [-0.3, -0.25) is 4.90 Å². The number of nitrogens with one attached hydrogen (secondary N) is 1. The van der Waals surface area contributed by atoms with E-state index in [1.165, 1.54) is 15.5 Å². The van der Waals surface area contributed by atoms with Crippen LogP contribution in [0.4, 0.5) is 4.79 Å². The highest BCUT2D eigenvalue weighted by atomic mass is 16.4. The first kappa shape index (κ1) is 24.4. The number of aromatic hydroxyl groups is 2. The molecule has 1 saturated heterocycles. The Labute approximate surface area is 212 Å². The fourth-order valence-electron chi connectivity index (χ4n) is 4.96. The molecular formula is C26H30N6O5. The Hall–Kier alpha value is -4.25. The Morgan fingerprint density at radius 3 is 2.46 bits per heavy atom. The number of fused-ring (bicyclic) bond motifs is 1. The van der Waals surface area contributed by atoms with Crippen molar-refractivity contribution in [1.29, 1.82) is 0 Å². The molecular weight excluding hydrogens is 476 g/mol. The van der Waals surface area contributed by atoms with Crippen LogP contribution in [0.2, 0.25) is 0 Å². The average molecular weight is 507 g/mol. The lowest BCUT2D eigenvalue weighted by Crippen LogP contribution is -2.47. The SMILES string of the molecule is CC(C)c1cc(-c2n[nH]c(=O)n2-c2ccc3c(c2)cc(CN2CCN(C(=O)O)CC2)n3C)c(O)cc1O. The third-order valence-electron chi connectivity index (χ3n) is 7.09. The monoisotopic (exact) mass is 506 g/mol. The summed E-state index contributed by atoms with van der Waals surface area (Å²) in [6.45, 7) is 6.85. The number of amides is 1. The number of H-pyrrole nitrogens is 1. The molecule has 0 aliphatic carbocycles. The summed E-state index contributed by atoms with van der Waals surface area (Å²) in [7, 11) is 1.99. The minimum Gasteiger partial charge on any atom is -0.508 e. The molecule has 1 fully saturated rings. The summed E-state index contributed by atoms with van der Waals surface area (Å²) in [5.74, 6) is 0.0670. The Bertz CT molecular complexity index is 1540. The van der Waals surface area contributed by atoms with Gasteiger partial charge in [0.1, 0.15) is 11.5 Å². The molecule has 194 valence electrons. The van der Waals surface area contributed by atoms with Crippen molar-refractivity contribution in [3.63, 3.8) is 0 Å². The molecule has 5 rings (SSSR count). The van der Waals surface area contributed by atoms with Gasteiger partial charge >= 0.3 is 11.8 Å². The Balaban J connectivity index is 1.49. The predicted molar refractivity (Wildman–Crippen MR) is 138 cm³/mol. The Morgan fingerprint density at radius 1 is 1.05 bits per heavy atom. The van der Waals surface area contributed by atoms with E-state index in [2.05, 4.69) is 25.7 Å². The van der Waals surface area contributed by atoms with E-state index >= 15 is 0 Å². The second-order valence-electron chi connectivity index (χ2n) is 9.75. The number of piperazine rings is 1. The summed E-state index contributed by atoms with van der Waals surface area (Å²) in [5, 5.41) is 37.6. The zero-order valence-corrected chi connectivity index (χ0v) is 21.0. The number of aromatic nitrogens is 4. The van der Waals surface area contributed by atoms with Gasteiger partial charge in [-0.2, -0.15) is 5.10 Å². The van der Waals surface area contributed by atoms with Crippen molar-refractivity contribution in [3.05, 3.63) is 58.1 Å². The van der Waals surface area contributed by atoms with E-state index in [-0.39, 0.29) is 23.2 Å². The van der Waals surface area contributed by atoms with Gasteiger partial charge in [0.2, 0.25) is 0 Å². The highest BCUT2D eigenvalue weighted by molar-refractivity contribution is 5.84. The number of carbonyl (C=O) groups is 1. The number of hydrogen-bond donors (Lipinski definition) is 4. The lowest BCUT2D eigenvalue weighted by Gasteiger charge is -2.33. The molecule has 0 saturated carbocycles. The number of hydrogen-bond acceptors (Lipinski definition) is 6. The highest BCUT2D eigenvalue weighted by Crippen LogP contribution is 2.37. The second kappa shape index (κ2) is 9.32. The number of rotatable bonds is 5. The summed E-state index contributed by atoms with van der Waals surface area (Å²) < 4.78 is 3.51. The normalized spacial score (nSPS) is 14.6. The molecule has 11 heteroatoms. The van der Waals surface area contributed by atoms with Crippen molar-refractivity contribution >= 4 is 17.0 Å². The molecule has 0 radical (unpaired) electrons. The zero-order chi connectivity index (χ0) is 26.4. The van der Waals surface area contributed by atoms with Crippen LogP contribution in [0.5, 0.6) is 11.5 Å². The quantitative estimate of drug-likeness (QED) is 0.326. The fraction of sp³-hybridized carbons (Fsp3) is 0.346. The number of benzene rings is 2. The summed E-state index contributed by atoms with van der Waals surface area (Å²) in [4.78, 5) is 27.7. The number of carboxylic acid groups (broad SMARTS) is 1. The van der Waals surface area contributed by atoms with Crippen LogP contribution in [-0.4, -0.2) is 76.7 Å². The fourth-order valence-corrected chi connectivity index (χ4v) is 4.96. The molecule has 4 N–H and O–H groups in total. The summed E-state index contributed by atoms with van der Waals surface area (Å²) in [6.07, 6.45) is -0.883. The van der Waals surface area contributed by atoms with Gasteiger partial charge in [-0.25, -0.2) is 19.3 Å². The van der Waals surface area contributed by atoms with Gasteiger partial charge in [0.05, 0.1) is 11.3 Å². The van der Waals surface area contributed by atoms with Crippen LogP contribution in [0.1, 0.15) is 31.0 Å². The van der Waals surface area contributed by atoms with E-state index in [0.29, 0.717) is 49.5 Å². The summed E-state index contributed by atoms with van der Waals surface area (Å²) in [5.41, 5.74) is 3.20.